The maximum absolute atomic E-state index is 12.5. The molecule has 1 atom stereocenters. The van der Waals surface area contributed by atoms with E-state index >= 15 is 0 Å². The van der Waals surface area contributed by atoms with Crippen molar-refractivity contribution in [3.8, 4) is 11.8 Å². The first-order valence-electron chi connectivity index (χ1n) is 11.8. The van der Waals surface area contributed by atoms with Crippen molar-refractivity contribution in [2.24, 2.45) is 15.4 Å². The third kappa shape index (κ3) is 4.99. The van der Waals surface area contributed by atoms with Gasteiger partial charge in [-0.3, -0.25) is 10.1 Å². The first kappa shape index (κ1) is 26.1. The number of aliphatic carboxylic acids is 1. The number of carbonyl (C=O) groups excluding carboxylic acids is 1. The second-order valence-corrected chi connectivity index (χ2v) is 11.3. The highest BCUT2D eigenvalue weighted by Crippen LogP contribution is 2.43. The molecule has 13 heteroatoms. The fraction of sp³-hybridized carbons (Fsp3) is 0.269. The van der Waals surface area contributed by atoms with Crippen LogP contribution in [0.1, 0.15) is 30.0 Å². The Balaban J connectivity index is 1.27. The van der Waals surface area contributed by atoms with Crippen LogP contribution in [-0.4, -0.2) is 65.9 Å². The van der Waals surface area contributed by atoms with Crippen LogP contribution < -0.4 is 5.32 Å². The Kier molecular flexibility index (Phi) is 6.45. The van der Waals surface area contributed by atoms with Gasteiger partial charge in [0.25, 0.3) is 0 Å². The molecule has 0 aliphatic carbocycles. The van der Waals surface area contributed by atoms with Crippen LogP contribution in [0, 0.1) is 24.2 Å². The van der Waals surface area contributed by atoms with Gasteiger partial charge in [-0.15, -0.1) is 0 Å². The van der Waals surface area contributed by atoms with E-state index in [0.29, 0.717) is 22.8 Å². The van der Waals surface area contributed by atoms with E-state index in [1.807, 2.05) is 30.3 Å². The molecule has 3 aliphatic rings. The van der Waals surface area contributed by atoms with Crippen LogP contribution in [0.3, 0.4) is 0 Å². The summed E-state index contributed by atoms with van der Waals surface area (Å²) in [6.45, 7) is 3.02. The molecule has 3 aliphatic heterocycles. The highest BCUT2D eigenvalue weighted by molar-refractivity contribution is 7.88. The van der Waals surface area contributed by atoms with Gasteiger partial charge in [-0.05, 0) is 43.4 Å². The largest absolute Gasteiger partial charge is 0.480 e. The number of ether oxygens (including phenoxy) is 1. The van der Waals surface area contributed by atoms with Crippen molar-refractivity contribution in [3.63, 3.8) is 0 Å². The molecule has 1 unspecified atom stereocenters. The lowest BCUT2D eigenvalue weighted by Gasteiger charge is -2.45. The van der Waals surface area contributed by atoms with Crippen LogP contribution in [-0.2, 0) is 19.6 Å². The summed E-state index contributed by atoms with van der Waals surface area (Å²) >= 11 is 0. The number of aliphatic imine (C=N–C) groups is 2. The first-order valence-corrected chi connectivity index (χ1v) is 13.6. The molecule has 0 radical (unpaired) electrons. The van der Waals surface area contributed by atoms with Crippen LogP contribution in [0.2, 0.25) is 0 Å². The average Bonchev–Trinajstić information content (AvgIpc) is 3.50. The number of amides is 1. The summed E-state index contributed by atoms with van der Waals surface area (Å²) < 4.78 is 35.3. The molecule has 1 aromatic carbocycles. The molecule has 2 aromatic rings. The van der Waals surface area contributed by atoms with E-state index in [1.165, 1.54) is 0 Å². The molecule has 1 saturated heterocycles. The standard InChI is InChI=1S/C26H23N5O7S/c1-15-22(29-25(34)37-16(2)17-7-5-4-6-8-17)20(38-30-15)10-9-19-11-18-12-21(28-23(18)27-19)26(24(32)33)13-31(14-26)39(3,35)36/h4-8,11-12,16H,13-14H2,1-3H3,(H,29,34)(H,32,33). The molecule has 1 amide bonds. The van der Waals surface area contributed by atoms with Gasteiger partial charge in [-0.1, -0.05) is 35.5 Å². The van der Waals surface area contributed by atoms with E-state index in [1.54, 1.807) is 26.0 Å². The fourth-order valence-corrected chi connectivity index (χ4v) is 5.14. The molecule has 0 spiro atoms. The van der Waals surface area contributed by atoms with Gasteiger partial charge >= 0.3 is 12.1 Å². The van der Waals surface area contributed by atoms with Gasteiger partial charge in [-0.2, -0.15) is 4.31 Å². The zero-order valence-corrected chi connectivity index (χ0v) is 21.9. The number of carboxylic acid groups (broad SMARTS) is 1. The first-order chi connectivity index (χ1) is 18.5. The molecule has 200 valence electrons. The van der Waals surface area contributed by atoms with Crippen LogP contribution >= 0.6 is 0 Å². The fourth-order valence-electron chi connectivity index (χ4n) is 4.23. The van der Waals surface area contributed by atoms with Gasteiger partial charge in [0.2, 0.25) is 15.8 Å². The summed E-state index contributed by atoms with van der Waals surface area (Å²) in [6, 6.07) is 9.29. The van der Waals surface area contributed by atoms with E-state index in [4.69, 9.17) is 9.26 Å². The van der Waals surface area contributed by atoms with Crippen molar-refractivity contribution in [1.29, 1.82) is 0 Å². The second-order valence-electron chi connectivity index (χ2n) is 9.29. The average molecular weight is 550 g/mol. The number of hydrogen-bond acceptors (Lipinski definition) is 9. The molecule has 4 heterocycles. The number of amidine groups is 1. The predicted octanol–water partition coefficient (Wildman–Crippen LogP) is 2.67. The second kappa shape index (κ2) is 9.64. The molecule has 0 bridgehead atoms. The minimum atomic E-state index is -3.50. The predicted molar refractivity (Wildman–Crippen MR) is 141 cm³/mol. The number of carbonyl (C=O) groups is 2. The zero-order chi connectivity index (χ0) is 27.9. The molecule has 1 aromatic heterocycles. The van der Waals surface area contributed by atoms with E-state index in [-0.39, 0.29) is 30.2 Å². The van der Waals surface area contributed by atoms with Gasteiger partial charge in [0.1, 0.15) is 28.6 Å². The van der Waals surface area contributed by atoms with Crippen molar-refractivity contribution in [2.45, 2.75) is 20.0 Å². The van der Waals surface area contributed by atoms with Gasteiger partial charge in [0.05, 0.1) is 12.0 Å². The Morgan fingerprint density at radius 1 is 1.18 bits per heavy atom. The Morgan fingerprint density at radius 2 is 1.90 bits per heavy atom. The minimum absolute atomic E-state index is 0.105. The molecule has 39 heavy (non-hydrogen) atoms. The Morgan fingerprint density at radius 3 is 2.54 bits per heavy atom. The lowest BCUT2D eigenvalue weighted by atomic mass is 9.78. The monoisotopic (exact) mass is 549 g/mol. The molecule has 2 N–H and O–H groups in total. The molecular weight excluding hydrogens is 526 g/mol. The van der Waals surface area contributed by atoms with Crippen molar-refractivity contribution in [3.05, 3.63) is 70.8 Å². The summed E-state index contributed by atoms with van der Waals surface area (Å²) in [7, 11) is -3.50. The van der Waals surface area contributed by atoms with Gasteiger partial charge in [0, 0.05) is 18.7 Å². The number of aryl methyl sites for hydroxylation is 1. The summed E-state index contributed by atoms with van der Waals surface area (Å²) in [5.74, 6) is 4.87. The number of nitrogens with zero attached hydrogens (tertiary/aromatic N) is 4. The SMILES string of the molecule is Cc1noc(C#CC2=NC3=NC(C4(C(=O)O)CN(S(C)(=O)=O)C4)=CC3=C2)c1NC(=O)OC(C)c1ccccc1. The van der Waals surface area contributed by atoms with E-state index < -0.39 is 33.6 Å². The topological polar surface area (TPSA) is 164 Å². The third-order valence-corrected chi connectivity index (χ3v) is 7.70. The van der Waals surface area contributed by atoms with Gasteiger partial charge in [0.15, 0.2) is 5.84 Å². The van der Waals surface area contributed by atoms with Crippen molar-refractivity contribution >= 4 is 39.3 Å². The molecule has 0 saturated carbocycles. The van der Waals surface area contributed by atoms with Crippen LogP contribution in [0.15, 0.2) is 68.3 Å². The van der Waals surface area contributed by atoms with Gasteiger partial charge in [-0.25, -0.2) is 23.2 Å². The normalized spacial score (nSPS) is 18.3. The van der Waals surface area contributed by atoms with Crippen LogP contribution in [0.5, 0.6) is 0 Å². The summed E-state index contributed by atoms with van der Waals surface area (Å²) in [5, 5.41) is 16.3. The summed E-state index contributed by atoms with van der Waals surface area (Å²) in [5.41, 5.74) is 1.25. The van der Waals surface area contributed by atoms with E-state index in [9.17, 15) is 23.1 Å². The van der Waals surface area contributed by atoms with Crippen molar-refractivity contribution in [2.75, 3.05) is 24.7 Å². The van der Waals surface area contributed by atoms with Crippen LogP contribution in [0.25, 0.3) is 0 Å². The number of benzene rings is 1. The van der Waals surface area contributed by atoms with Gasteiger partial charge < -0.3 is 14.4 Å². The van der Waals surface area contributed by atoms with Crippen molar-refractivity contribution in [1.82, 2.24) is 9.46 Å². The number of carboxylic acids is 1. The number of rotatable bonds is 6. The number of hydrogen-bond donors (Lipinski definition) is 2. The smallest absolute Gasteiger partial charge is 0.412 e. The van der Waals surface area contributed by atoms with E-state index in [2.05, 4.69) is 32.3 Å². The van der Waals surface area contributed by atoms with E-state index in [0.717, 1.165) is 16.1 Å². The zero-order valence-electron chi connectivity index (χ0n) is 21.1. The number of allylic oxidation sites excluding steroid dienone is 1. The lowest BCUT2D eigenvalue weighted by Crippen LogP contribution is -2.62. The Bertz CT molecular complexity index is 1670. The third-order valence-electron chi connectivity index (χ3n) is 6.50. The molecular formula is C26H23N5O7S. The van der Waals surface area contributed by atoms with Crippen LogP contribution in [0.4, 0.5) is 10.5 Å². The summed E-state index contributed by atoms with van der Waals surface area (Å²) in [6.07, 6.45) is 3.07. The minimum Gasteiger partial charge on any atom is -0.480 e. The maximum atomic E-state index is 12.5. The molecule has 1 fully saturated rings. The number of nitrogens with one attached hydrogen (secondary N) is 1. The number of fused-ring (bicyclic) bond motifs is 1. The molecule has 5 rings (SSSR count). The highest BCUT2D eigenvalue weighted by atomic mass is 32.2. The number of anilines is 1. The molecule has 12 nitrogen and oxygen atoms in total. The maximum Gasteiger partial charge on any atom is 0.412 e. The Hall–Kier alpha value is -4.54. The quantitative estimate of drug-likeness (QED) is 0.519. The Labute approximate surface area is 223 Å². The lowest BCUT2D eigenvalue weighted by molar-refractivity contribution is -0.152. The summed E-state index contributed by atoms with van der Waals surface area (Å²) in [4.78, 5) is 33.1. The number of aromatic nitrogens is 1. The van der Waals surface area contributed by atoms with Crippen molar-refractivity contribution < 1.29 is 32.4 Å². The number of sulfonamides is 1. The highest BCUT2D eigenvalue weighted by Gasteiger charge is 2.56.